The van der Waals surface area contributed by atoms with Crippen LogP contribution < -0.4 is 5.43 Å². The number of ether oxygens (including phenoxy) is 1. The quantitative estimate of drug-likeness (QED) is 0.314. The van der Waals surface area contributed by atoms with Crippen LogP contribution in [-0.2, 0) is 14.3 Å². The summed E-state index contributed by atoms with van der Waals surface area (Å²) in [6.45, 7) is 0. The topological polar surface area (TPSA) is 80.7 Å². The van der Waals surface area contributed by atoms with Gasteiger partial charge in [0.05, 0.1) is 13.3 Å². The zero-order valence-corrected chi connectivity index (χ0v) is 14.1. The van der Waals surface area contributed by atoms with Crippen LogP contribution in [0.15, 0.2) is 28.0 Å². The molecule has 0 aliphatic carbocycles. The van der Waals surface area contributed by atoms with Crippen molar-refractivity contribution in [2.45, 2.75) is 38.5 Å². The Morgan fingerprint density at radius 2 is 2.05 bits per heavy atom. The summed E-state index contributed by atoms with van der Waals surface area (Å²) in [5, 5.41) is 3.91. The van der Waals surface area contributed by atoms with Gasteiger partial charge >= 0.3 is 5.97 Å². The van der Waals surface area contributed by atoms with Gasteiger partial charge in [-0.05, 0) is 34.8 Å². The highest BCUT2D eigenvalue weighted by atomic mass is 79.9. The number of nitrogens with zero attached hydrogens (tertiary/aromatic N) is 2. The first kappa shape index (κ1) is 18.3. The number of aromatic nitrogens is 1. The van der Waals surface area contributed by atoms with Crippen molar-refractivity contribution < 1.29 is 14.3 Å². The fourth-order valence-electron chi connectivity index (χ4n) is 1.73. The molecular weight excluding hydrogens is 350 g/mol. The summed E-state index contributed by atoms with van der Waals surface area (Å²) in [4.78, 5) is 26.4. The molecular formula is C15H20BrN3O3. The number of pyridine rings is 1. The molecule has 7 heteroatoms. The SMILES string of the molecule is COC(=O)CCCCCCC(=O)N/N=C/c1ccncc1Br. The highest BCUT2D eigenvalue weighted by Crippen LogP contribution is 2.11. The molecule has 1 heterocycles. The minimum absolute atomic E-state index is 0.116. The van der Waals surface area contributed by atoms with E-state index in [2.05, 4.69) is 36.2 Å². The van der Waals surface area contributed by atoms with Crippen LogP contribution in [0.3, 0.4) is 0 Å². The van der Waals surface area contributed by atoms with E-state index in [-0.39, 0.29) is 11.9 Å². The Bertz CT molecular complexity index is 521. The smallest absolute Gasteiger partial charge is 0.305 e. The lowest BCUT2D eigenvalue weighted by Crippen LogP contribution is -2.16. The summed E-state index contributed by atoms with van der Waals surface area (Å²) in [5.74, 6) is -0.302. The Hall–Kier alpha value is -1.76. The average molecular weight is 370 g/mol. The number of hydrogen-bond donors (Lipinski definition) is 1. The van der Waals surface area contributed by atoms with Crippen molar-refractivity contribution >= 4 is 34.0 Å². The van der Waals surface area contributed by atoms with Crippen LogP contribution in [0.2, 0.25) is 0 Å². The molecule has 1 amide bonds. The minimum Gasteiger partial charge on any atom is -0.469 e. The fourth-order valence-corrected chi connectivity index (χ4v) is 2.08. The molecule has 1 aromatic heterocycles. The van der Waals surface area contributed by atoms with Gasteiger partial charge in [-0.2, -0.15) is 5.10 Å². The van der Waals surface area contributed by atoms with Gasteiger partial charge in [-0.1, -0.05) is 12.8 Å². The molecule has 120 valence electrons. The first-order valence-electron chi connectivity index (χ1n) is 7.11. The van der Waals surface area contributed by atoms with E-state index in [1.54, 1.807) is 24.7 Å². The maximum atomic E-state index is 11.6. The van der Waals surface area contributed by atoms with E-state index in [0.717, 1.165) is 35.7 Å². The number of hydrogen-bond acceptors (Lipinski definition) is 5. The normalized spacial score (nSPS) is 10.6. The molecule has 1 N–H and O–H groups in total. The maximum absolute atomic E-state index is 11.6. The van der Waals surface area contributed by atoms with Gasteiger partial charge in [-0.3, -0.25) is 14.6 Å². The monoisotopic (exact) mass is 369 g/mol. The van der Waals surface area contributed by atoms with Crippen LogP contribution in [0.1, 0.15) is 44.1 Å². The molecule has 0 aliphatic heterocycles. The van der Waals surface area contributed by atoms with Crippen molar-refractivity contribution in [1.29, 1.82) is 0 Å². The third kappa shape index (κ3) is 7.87. The van der Waals surface area contributed by atoms with Crippen molar-refractivity contribution in [3.63, 3.8) is 0 Å². The highest BCUT2D eigenvalue weighted by molar-refractivity contribution is 9.10. The molecule has 0 aliphatic rings. The summed E-state index contributed by atoms with van der Waals surface area (Å²) in [5.41, 5.74) is 3.34. The Balaban J connectivity index is 2.11. The fraction of sp³-hybridized carbons (Fsp3) is 0.467. The van der Waals surface area contributed by atoms with Crippen molar-refractivity contribution in [3.05, 3.63) is 28.5 Å². The van der Waals surface area contributed by atoms with Crippen LogP contribution in [-0.4, -0.2) is 30.2 Å². The molecule has 0 radical (unpaired) electrons. The molecule has 0 unspecified atom stereocenters. The van der Waals surface area contributed by atoms with Crippen LogP contribution in [0, 0.1) is 0 Å². The predicted molar refractivity (Wildman–Crippen MR) is 87.4 cm³/mol. The van der Waals surface area contributed by atoms with Gasteiger partial charge in [-0.15, -0.1) is 0 Å². The van der Waals surface area contributed by atoms with Crippen LogP contribution in [0.5, 0.6) is 0 Å². The third-order valence-corrected chi connectivity index (χ3v) is 3.62. The lowest BCUT2D eigenvalue weighted by atomic mass is 10.1. The summed E-state index contributed by atoms with van der Waals surface area (Å²) in [6, 6.07) is 1.79. The second kappa shape index (κ2) is 10.9. The number of nitrogens with one attached hydrogen (secondary N) is 1. The predicted octanol–water partition coefficient (Wildman–Crippen LogP) is 2.81. The first-order chi connectivity index (χ1) is 10.6. The van der Waals surface area contributed by atoms with Gasteiger partial charge in [0.2, 0.25) is 5.91 Å². The summed E-state index contributed by atoms with van der Waals surface area (Å²) < 4.78 is 5.38. The molecule has 0 aromatic carbocycles. The van der Waals surface area contributed by atoms with Crippen molar-refractivity contribution in [2.24, 2.45) is 5.10 Å². The zero-order chi connectivity index (χ0) is 16.2. The Morgan fingerprint density at radius 3 is 2.73 bits per heavy atom. The maximum Gasteiger partial charge on any atom is 0.305 e. The van der Waals surface area contributed by atoms with Gasteiger partial charge in [0.15, 0.2) is 0 Å². The molecule has 0 fully saturated rings. The number of amides is 1. The van der Waals surface area contributed by atoms with Crippen molar-refractivity contribution in [2.75, 3.05) is 7.11 Å². The van der Waals surface area contributed by atoms with Gasteiger partial charge in [0, 0.05) is 35.3 Å². The lowest BCUT2D eigenvalue weighted by molar-refractivity contribution is -0.140. The number of hydrazone groups is 1. The summed E-state index contributed by atoms with van der Waals surface area (Å²) in [6.07, 6.45) is 9.14. The Morgan fingerprint density at radius 1 is 1.32 bits per heavy atom. The number of esters is 1. The van der Waals surface area contributed by atoms with Crippen LogP contribution in [0.4, 0.5) is 0 Å². The molecule has 0 saturated heterocycles. The second-order valence-electron chi connectivity index (χ2n) is 4.68. The third-order valence-electron chi connectivity index (χ3n) is 2.96. The largest absolute Gasteiger partial charge is 0.469 e. The van der Waals surface area contributed by atoms with Gasteiger partial charge in [0.1, 0.15) is 0 Å². The zero-order valence-electron chi connectivity index (χ0n) is 12.5. The number of methoxy groups -OCH3 is 1. The van der Waals surface area contributed by atoms with Crippen molar-refractivity contribution in [3.8, 4) is 0 Å². The standard InChI is InChI=1S/C15H20BrN3O3/c1-22-15(21)7-5-3-2-4-6-14(20)19-18-10-12-8-9-17-11-13(12)16/h8-11H,2-7H2,1H3,(H,19,20)/b18-10+. The van der Waals surface area contributed by atoms with Crippen LogP contribution >= 0.6 is 15.9 Å². The molecule has 1 aromatic rings. The highest BCUT2D eigenvalue weighted by Gasteiger charge is 2.02. The molecule has 0 atom stereocenters. The van der Waals surface area contributed by atoms with Gasteiger partial charge in [0.25, 0.3) is 0 Å². The Kier molecular flexibility index (Phi) is 9.06. The van der Waals surface area contributed by atoms with E-state index in [1.807, 2.05) is 0 Å². The lowest BCUT2D eigenvalue weighted by Gasteiger charge is -2.01. The van der Waals surface area contributed by atoms with Gasteiger partial charge in [-0.25, -0.2) is 5.43 Å². The molecule has 0 bridgehead atoms. The second-order valence-corrected chi connectivity index (χ2v) is 5.54. The summed E-state index contributed by atoms with van der Waals surface area (Å²) in [7, 11) is 1.39. The molecule has 6 nitrogen and oxygen atoms in total. The molecule has 1 rings (SSSR count). The van der Waals surface area contributed by atoms with Crippen molar-refractivity contribution in [1.82, 2.24) is 10.4 Å². The first-order valence-corrected chi connectivity index (χ1v) is 7.91. The minimum atomic E-state index is -0.186. The van der Waals surface area contributed by atoms with E-state index >= 15 is 0 Å². The molecule has 22 heavy (non-hydrogen) atoms. The number of carbonyl (C=O) groups is 2. The number of rotatable bonds is 9. The van der Waals surface area contributed by atoms with Crippen LogP contribution in [0.25, 0.3) is 0 Å². The number of halogens is 1. The van der Waals surface area contributed by atoms with E-state index in [9.17, 15) is 9.59 Å². The Labute approximate surface area is 138 Å². The van der Waals surface area contributed by atoms with E-state index in [4.69, 9.17) is 0 Å². The summed E-state index contributed by atoms with van der Waals surface area (Å²) >= 11 is 3.35. The number of carbonyl (C=O) groups excluding carboxylic acids is 2. The van der Waals surface area contributed by atoms with E-state index in [0.29, 0.717) is 12.8 Å². The van der Waals surface area contributed by atoms with Gasteiger partial charge < -0.3 is 4.74 Å². The number of unbranched alkanes of at least 4 members (excludes halogenated alkanes) is 3. The molecule has 0 saturated carbocycles. The van der Waals surface area contributed by atoms with E-state index in [1.165, 1.54) is 7.11 Å². The van der Waals surface area contributed by atoms with E-state index < -0.39 is 0 Å². The molecule has 0 spiro atoms. The average Bonchev–Trinajstić information content (AvgIpc) is 2.52.